The highest BCUT2D eigenvalue weighted by molar-refractivity contribution is 5.36. The normalized spacial score (nSPS) is 12.4. The van der Waals surface area contributed by atoms with Crippen molar-refractivity contribution in [1.82, 2.24) is 10.3 Å². The zero-order chi connectivity index (χ0) is 12.3. The van der Waals surface area contributed by atoms with Crippen molar-refractivity contribution in [3.63, 3.8) is 0 Å². The van der Waals surface area contributed by atoms with Gasteiger partial charge in [0.2, 0.25) is 0 Å². The molecule has 1 atom stereocenters. The van der Waals surface area contributed by atoms with E-state index in [9.17, 15) is 0 Å². The molecular formula is C15H18N2. The molecule has 0 aliphatic rings. The predicted molar refractivity (Wildman–Crippen MR) is 71.1 cm³/mol. The first-order chi connectivity index (χ1) is 8.20. The van der Waals surface area contributed by atoms with E-state index in [1.165, 1.54) is 22.3 Å². The molecule has 1 aromatic carbocycles. The Morgan fingerprint density at radius 3 is 2.06 bits per heavy atom. The second kappa shape index (κ2) is 5.11. The number of pyridine rings is 1. The van der Waals surface area contributed by atoms with E-state index >= 15 is 0 Å². The molecule has 2 nitrogen and oxygen atoms in total. The largest absolute Gasteiger partial charge is 0.309 e. The smallest absolute Gasteiger partial charge is 0.0575 e. The standard InChI is InChI=1S/C15H18N2/c1-11-8-12(2)10-14(9-11)15(16-3)13-4-6-17-7-5-13/h4-10,15-16H,1-3H3. The van der Waals surface area contributed by atoms with Crippen molar-refractivity contribution in [1.29, 1.82) is 0 Å². The summed E-state index contributed by atoms with van der Waals surface area (Å²) >= 11 is 0. The first-order valence-electron chi connectivity index (χ1n) is 5.86. The number of rotatable bonds is 3. The van der Waals surface area contributed by atoms with E-state index in [4.69, 9.17) is 0 Å². The van der Waals surface area contributed by atoms with Crippen LogP contribution in [0.15, 0.2) is 42.7 Å². The van der Waals surface area contributed by atoms with E-state index in [1.807, 2.05) is 19.4 Å². The first kappa shape index (κ1) is 11.8. The third-order valence-corrected chi connectivity index (χ3v) is 2.91. The molecule has 0 spiro atoms. The zero-order valence-corrected chi connectivity index (χ0v) is 10.6. The van der Waals surface area contributed by atoms with Crippen LogP contribution in [0.4, 0.5) is 0 Å². The monoisotopic (exact) mass is 226 g/mol. The van der Waals surface area contributed by atoms with Crippen LogP contribution in [-0.4, -0.2) is 12.0 Å². The minimum absolute atomic E-state index is 0.233. The van der Waals surface area contributed by atoms with Gasteiger partial charge in [-0.05, 0) is 44.2 Å². The maximum Gasteiger partial charge on any atom is 0.0575 e. The SMILES string of the molecule is CNC(c1ccncc1)c1cc(C)cc(C)c1. The Hall–Kier alpha value is -1.67. The average molecular weight is 226 g/mol. The fourth-order valence-corrected chi connectivity index (χ4v) is 2.26. The van der Waals surface area contributed by atoms with E-state index in [0.717, 1.165) is 0 Å². The molecule has 0 bridgehead atoms. The quantitative estimate of drug-likeness (QED) is 0.870. The molecule has 0 amide bonds. The number of hydrogen-bond donors (Lipinski definition) is 1. The molecule has 2 heteroatoms. The molecule has 0 saturated heterocycles. The molecule has 1 aromatic heterocycles. The summed E-state index contributed by atoms with van der Waals surface area (Å²) in [6, 6.07) is 11.0. The maximum atomic E-state index is 4.06. The van der Waals surface area contributed by atoms with Crippen molar-refractivity contribution < 1.29 is 0 Å². The van der Waals surface area contributed by atoms with E-state index in [-0.39, 0.29) is 6.04 Å². The highest BCUT2D eigenvalue weighted by atomic mass is 14.9. The second-order valence-electron chi connectivity index (χ2n) is 4.42. The summed E-state index contributed by atoms with van der Waals surface area (Å²) in [7, 11) is 1.99. The summed E-state index contributed by atoms with van der Waals surface area (Å²) in [6.45, 7) is 4.27. The van der Waals surface area contributed by atoms with E-state index < -0.39 is 0 Å². The summed E-state index contributed by atoms with van der Waals surface area (Å²) in [5, 5.41) is 3.36. The molecular weight excluding hydrogens is 208 g/mol. The Labute approximate surface area is 103 Å². The second-order valence-corrected chi connectivity index (χ2v) is 4.42. The highest BCUT2D eigenvalue weighted by Crippen LogP contribution is 2.23. The van der Waals surface area contributed by atoms with Crippen molar-refractivity contribution in [2.75, 3.05) is 7.05 Å². The lowest BCUT2D eigenvalue weighted by Gasteiger charge is -2.18. The van der Waals surface area contributed by atoms with Gasteiger partial charge in [0.15, 0.2) is 0 Å². The molecule has 0 saturated carbocycles. The van der Waals surface area contributed by atoms with Crippen LogP contribution in [0.5, 0.6) is 0 Å². The van der Waals surface area contributed by atoms with Crippen molar-refractivity contribution in [3.05, 3.63) is 65.0 Å². The van der Waals surface area contributed by atoms with Crippen LogP contribution in [0.2, 0.25) is 0 Å². The van der Waals surface area contributed by atoms with Gasteiger partial charge in [0.05, 0.1) is 6.04 Å². The van der Waals surface area contributed by atoms with Crippen LogP contribution in [-0.2, 0) is 0 Å². The lowest BCUT2D eigenvalue weighted by molar-refractivity contribution is 0.689. The van der Waals surface area contributed by atoms with Gasteiger partial charge in [-0.25, -0.2) is 0 Å². The molecule has 0 fully saturated rings. The minimum Gasteiger partial charge on any atom is -0.309 e. The van der Waals surface area contributed by atoms with Crippen LogP contribution >= 0.6 is 0 Å². The summed E-state index contributed by atoms with van der Waals surface area (Å²) in [5.41, 5.74) is 5.15. The summed E-state index contributed by atoms with van der Waals surface area (Å²) in [4.78, 5) is 4.06. The Morgan fingerprint density at radius 1 is 0.941 bits per heavy atom. The number of hydrogen-bond acceptors (Lipinski definition) is 2. The maximum absolute atomic E-state index is 4.06. The van der Waals surface area contributed by atoms with Crippen molar-refractivity contribution >= 4 is 0 Å². The van der Waals surface area contributed by atoms with Gasteiger partial charge in [0.25, 0.3) is 0 Å². The fraction of sp³-hybridized carbons (Fsp3) is 0.267. The summed E-state index contributed by atoms with van der Waals surface area (Å²) in [6.07, 6.45) is 3.67. The van der Waals surface area contributed by atoms with Gasteiger partial charge in [-0.3, -0.25) is 4.98 Å². The van der Waals surface area contributed by atoms with Gasteiger partial charge in [0, 0.05) is 12.4 Å². The van der Waals surface area contributed by atoms with Gasteiger partial charge >= 0.3 is 0 Å². The van der Waals surface area contributed by atoms with Gasteiger partial charge < -0.3 is 5.32 Å². The van der Waals surface area contributed by atoms with Crippen LogP contribution in [0.1, 0.15) is 28.3 Å². The Balaban J connectivity index is 2.42. The molecule has 0 radical (unpaired) electrons. The van der Waals surface area contributed by atoms with Crippen LogP contribution < -0.4 is 5.32 Å². The van der Waals surface area contributed by atoms with Crippen LogP contribution in [0.3, 0.4) is 0 Å². The van der Waals surface area contributed by atoms with E-state index in [0.29, 0.717) is 0 Å². The van der Waals surface area contributed by atoms with Crippen molar-refractivity contribution in [2.24, 2.45) is 0 Å². The number of benzene rings is 1. The van der Waals surface area contributed by atoms with Gasteiger partial charge in [-0.2, -0.15) is 0 Å². The number of aromatic nitrogens is 1. The van der Waals surface area contributed by atoms with Gasteiger partial charge in [-0.1, -0.05) is 29.3 Å². The van der Waals surface area contributed by atoms with Crippen molar-refractivity contribution in [3.8, 4) is 0 Å². The predicted octanol–water partition coefficient (Wildman–Crippen LogP) is 3.01. The lowest BCUT2D eigenvalue weighted by atomic mass is 9.96. The molecule has 88 valence electrons. The van der Waals surface area contributed by atoms with Crippen LogP contribution in [0.25, 0.3) is 0 Å². The van der Waals surface area contributed by atoms with E-state index in [2.05, 4.69) is 54.5 Å². The fourth-order valence-electron chi connectivity index (χ4n) is 2.26. The minimum atomic E-state index is 0.233. The Kier molecular flexibility index (Phi) is 3.55. The van der Waals surface area contributed by atoms with E-state index in [1.54, 1.807) is 0 Å². The van der Waals surface area contributed by atoms with Crippen molar-refractivity contribution in [2.45, 2.75) is 19.9 Å². The number of aryl methyl sites for hydroxylation is 2. The zero-order valence-electron chi connectivity index (χ0n) is 10.6. The Bertz CT molecular complexity index is 471. The summed E-state index contributed by atoms with van der Waals surface area (Å²) < 4.78 is 0. The summed E-state index contributed by atoms with van der Waals surface area (Å²) in [5.74, 6) is 0. The van der Waals surface area contributed by atoms with Gasteiger partial charge in [0.1, 0.15) is 0 Å². The molecule has 1 unspecified atom stereocenters. The third-order valence-electron chi connectivity index (χ3n) is 2.91. The molecule has 0 aliphatic heterocycles. The average Bonchev–Trinajstić information content (AvgIpc) is 2.30. The molecule has 0 aliphatic carbocycles. The lowest BCUT2D eigenvalue weighted by Crippen LogP contribution is -2.17. The number of nitrogens with one attached hydrogen (secondary N) is 1. The molecule has 2 rings (SSSR count). The first-order valence-corrected chi connectivity index (χ1v) is 5.86. The van der Waals surface area contributed by atoms with Gasteiger partial charge in [-0.15, -0.1) is 0 Å². The number of nitrogens with zero attached hydrogens (tertiary/aromatic N) is 1. The molecule has 1 heterocycles. The third kappa shape index (κ3) is 2.71. The topological polar surface area (TPSA) is 24.9 Å². The molecule has 17 heavy (non-hydrogen) atoms. The molecule has 2 aromatic rings. The van der Waals surface area contributed by atoms with Crippen LogP contribution in [0, 0.1) is 13.8 Å². The molecule has 1 N–H and O–H groups in total. The highest BCUT2D eigenvalue weighted by Gasteiger charge is 2.11. The Morgan fingerprint density at radius 2 is 1.53 bits per heavy atom.